The summed E-state index contributed by atoms with van der Waals surface area (Å²) in [7, 11) is 1.81. The molecule has 2 aromatic rings. The molecule has 2 N–H and O–H groups in total. The zero-order chi connectivity index (χ0) is 12.1. The first-order chi connectivity index (χ1) is 8.25. The second-order valence-corrected chi connectivity index (χ2v) is 4.41. The first-order valence-corrected chi connectivity index (χ1v) is 6.08. The van der Waals surface area contributed by atoms with E-state index in [0.717, 1.165) is 22.3 Å². The van der Waals surface area contributed by atoms with Crippen LogP contribution < -0.4 is 10.5 Å². The van der Waals surface area contributed by atoms with E-state index in [0.29, 0.717) is 6.61 Å². The average Bonchev–Trinajstić information content (AvgIpc) is 2.73. The summed E-state index contributed by atoms with van der Waals surface area (Å²) in [4.78, 5) is 0. The second kappa shape index (κ2) is 5.53. The summed E-state index contributed by atoms with van der Waals surface area (Å²) in [6.07, 6.45) is 0. The van der Waals surface area contributed by atoms with Gasteiger partial charge in [0, 0.05) is 18.5 Å². The van der Waals surface area contributed by atoms with E-state index in [2.05, 4.69) is 15.5 Å². The molecule has 0 spiro atoms. The normalized spacial score (nSPS) is 10.4. The predicted molar refractivity (Wildman–Crippen MR) is 65.9 cm³/mol. The van der Waals surface area contributed by atoms with Gasteiger partial charge in [-0.25, -0.2) is 4.68 Å². The van der Waals surface area contributed by atoms with Gasteiger partial charge in [0.2, 0.25) is 5.16 Å². The highest BCUT2D eigenvalue weighted by Gasteiger charge is 2.02. The molecule has 90 valence electrons. The van der Waals surface area contributed by atoms with E-state index in [1.807, 2.05) is 31.3 Å². The van der Waals surface area contributed by atoms with Crippen LogP contribution in [0.2, 0.25) is 0 Å². The highest BCUT2D eigenvalue weighted by Crippen LogP contribution is 2.15. The number of hydrogen-bond donors (Lipinski definition) is 1. The van der Waals surface area contributed by atoms with Crippen LogP contribution in [0.5, 0.6) is 5.75 Å². The van der Waals surface area contributed by atoms with E-state index in [-0.39, 0.29) is 0 Å². The first-order valence-electron chi connectivity index (χ1n) is 5.09. The van der Waals surface area contributed by atoms with Crippen LogP contribution in [0.15, 0.2) is 29.4 Å². The third kappa shape index (κ3) is 3.35. The summed E-state index contributed by atoms with van der Waals surface area (Å²) >= 11 is 1.55. The molecule has 6 nitrogen and oxygen atoms in total. The number of thioether (sulfide) groups is 1. The van der Waals surface area contributed by atoms with E-state index in [9.17, 15) is 0 Å². The summed E-state index contributed by atoms with van der Waals surface area (Å²) in [6, 6.07) is 7.33. The van der Waals surface area contributed by atoms with Crippen molar-refractivity contribution in [2.45, 2.75) is 5.16 Å². The molecule has 0 fully saturated rings. The Balaban J connectivity index is 1.73. The highest BCUT2D eigenvalue weighted by atomic mass is 32.2. The SMILES string of the molecule is Cn1nnnc1SCCOc1ccc(N)cc1. The van der Waals surface area contributed by atoms with E-state index < -0.39 is 0 Å². The zero-order valence-corrected chi connectivity index (χ0v) is 10.2. The number of anilines is 1. The van der Waals surface area contributed by atoms with Crippen molar-refractivity contribution in [2.75, 3.05) is 18.1 Å². The van der Waals surface area contributed by atoms with Crippen LogP contribution in [0.4, 0.5) is 5.69 Å². The Kier molecular flexibility index (Phi) is 3.81. The number of aromatic nitrogens is 4. The van der Waals surface area contributed by atoms with Gasteiger partial charge in [-0.05, 0) is 34.7 Å². The molecule has 0 radical (unpaired) electrons. The van der Waals surface area contributed by atoms with Crippen molar-refractivity contribution in [2.24, 2.45) is 7.05 Å². The lowest BCUT2D eigenvalue weighted by Gasteiger charge is -2.05. The Morgan fingerprint density at radius 1 is 1.35 bits per heavy atom. The molecular weight excluding hydrogens is 238 g/mol. The van der Waals surface area contributed by atoms with Gasteiger partial charge in [-0.1, -0.05) is 11.8 Å². The largest absolute Gasteiger partial charge is 0.493 e. The van der Waals surface area contributed by atoms with Gasteiger partial charge in [0.05, 0.1) is 6.61 Å². The van der Waals surface area contributed by atoms with Gasteiger partial charge >= 0.3 is 0 Å². The molecule has 1 aromatic heterocycles. The van der Waals surface area contributed by atoms with Crippen molar-refractivity contribution < 1.29 is 4.74 Å². The van der Waals surface area contributed by atoms with E-state index in [4.69, 9.17) is 10.5 Å². The molecule has 2 rings (SSSR count). The Morgan fingerprint density at radius 3 is 2.76 bits per heavy atom. The fourth-order valence-corrected chi connectivity index (χ4v) is 1.87. The summed E-state index contributed by atoms with van der Waals surface area (Å²) in [5.74, 6) is 1.61. The second-order valence-electron chi connectivity index (χ2n) is 3.35. The minimum absolute atomic E-state index is 0.599. The molecule has 1 heterocycles. The molecule has 0 saturated carbocycles. The van der Waals surface area contributed by atoms with E-state index in [1.54, 1.807) is 16.4 Å². The molecule has 0 unspecified atom stereocenters. The van der Waals surface area contributed by atoms with E-state index in [1.165, 1.54) is 0 Å². The van der Waals surface area contributed by atoms with Gasteiger partial charge in [0.1, 0.15) is 5.75 Å². The monoisotopic (exact) mass is 251 g/mol. The molecular formula is C10H13N5OS. The maximum Gasteiger partial charge on any atom is 0.209 e. The minimum atomic E-state index is 0.599. The standard InChI is InChI=1S/C10H13N5OS/c1-15-10(12-13-14-15)17-7-6-16-9-4-2-8(11)3-5-9/h2-5H,6-7,11H2,1H3. The molecule has 0 bridgehead atoms. The van der Waals surface area contributed by atoms with Gasteiger partial charge in [0.25, 0.3) is 0 Å². The van der Waals surface area contributed by atoms with Crippen LogP contribution >= 0.6 is 11.8 Å². The van der Waals surface area contributed by atoms with Crippen molar-refractivity contribution in [3.05, 3.63) is 24.3 Å². The smallest absolute Gasteiger partial charge is 0.209 e. The number of rotatable bonds is 5. The first kappa shape index (κ1) is 11.7. The Labute approximate surface area is 103 Å². The number of nitrogens with two attached hydrogens (primary N) is 1. The maximum absolute atomic E-state index is 5.58. The fourth-order valence-electron chi connectivity index (χ4n) is 1.20. The molecule has 0 aliphatic rings. The van der Waals surface area contributed by atoms with Crippen LogP contribution in [0.3, 0.4) is 0 Å². The van der Waals surface area contributed by atoms with Crippen molar-refractivity contribution in [3.63, 3.8) is 0 Å². The molecule has 0 aliphatic carbocycles. The van der Waals surface area contributed by atoms with Crippen LogP contribution in [0.25, 0.3) is 0 Å². The highest BCUT2D eigenvalue weighted by molar-refractivity contribution is 7.99. The number of benzene rings is 1. The van der Waals surface area contributed by atoms with Gasteiger partial charge in [-0.15, -0.1) is 5.10 Å². The Morgan fingerprint density at radius 2 is 2.12 bits per heavy atom. The number of ether oxygens (including phenoxy) is 1. The van der Waals surface area contributed by atoms with Gasteiger partial charge in [-0.3, -0.25) is 0 Å². The zero-order valence-electron chi connectivity index (χ0n) is 9.41. The Bertz CT molecular complexity index is 470. The summed E-state index contributed by atoms with van der Waals surface area (Å²) in [5.41, 5.74) is 6.31. The predicted octanol–water partition coefficient (Wildman–Crippen LogP) is 0.963. The minimum Gasteiger partial charge on any atom is -0.493 e. The number of tetrazole rings is 1. The van der Waals surface area contributed by atoms with Crippen LogP contribution in [-0.2, 0) is 7.05 Å². The lowest BCUT2D eigenvalue weighted by Crippen LogP contribution is -2.02. The average molecular weight is 251 g/mol. The molecule has 17 heavy (non-hydrogen) atoms. The third-order valence-electron chi connectivity index (χ3n) is 2.04. The quantitative estimate of drug-likeness (QED) is 0.484. The number of aryl methyl sites for hydroxylation is 1. The van der Waals surface area contributed by atoms with Crippen molar-refractivity contribution in [1.29, 1.82) is 0 Å². The number of nitrogen functional groups attached to an aromatic ring is 1. The molecule has 7 heteroatoms. The molecule has 0 atom stereocenters. The van der Waals surface area contributed by atoms with Gasteiger partial charge in [0.15, 0.2) is 0 Å². The van der Waals surface area contributed by atoms with Crippen molar-refractivity contribution >= 4 is 17.4 Å². The van der Waals surface area contributed by atoms with Crippen LogP contribution in [-0.4, -0.2) is 32.6 Å². The number of nitrogens with zero attached hydrogens (tertiary/aromatic N) is 4. The van der Waals surface area contributed by atoms with Crippen molar-refractivity contribution in [1.82, 2.24) is 20.2 Å². The number of hydrogen-bond acceptors (Lipinski definition) is 6. The molecule has 0 aliphatic heterocycles. The summed E-state index contributed by atoms with van der Waals surface area (Å²) in [6.45, 7) is 0.599. The van der Waals surface area contributed by atoms with Crippen molar-refractivity contribution in [3.8, 4) is 5.75 Å². The third-order valence-corrected chi connectivity index (χ3v) is 3.02. The molecule has 1 aromatic carbocycles. The van der Waals surface area contributed by atoms with Gasteiger partial charge < -0.3 is 10.5 Å². The molecule has 0 amide bonds. The lowest BCUT2D eigenvalue weighted by atomic mass is 10.3. The topological polar surface area (TPSA) is 78.8 Å². The summed E-state index contributed by atoms with van der Waals surface area (Å²) < 4.78 is 7.18. The maximum atomic E-state index is 5.58. The Hall–Kier alpha value is -1.76. The summed E-state index contributed by atoms with van der Waals surface area (Å²) in [5, 5.41) is 11.9. The molecule has 0 saturated heterocycles. The van der Waals surface area contributed by atoms with Crippen LogP contribution in [0, 0.1) is 0 Å². The fraction of sp³-hybridized carbons (Fsp3) is 0.300. The van der Waals surface area contributed by atoms with E-state index >= 15 is 0 Å². The lowest BCUT2D eigenvalue weighted by molar-refractivity contribution is 0.344. The van der Waals surface area contributed by atoms with Crippen LogP contribution in [0.1, 0.15) is 0 Å². The van der Waals surface area contributed by atoms with Gasteiger partial charge in [-0.2, -0.15) is 0 Å².